The molecule has 1 heterocycles. The van der Waals surface area contributed by atoms with Crippen LogP contribution in [0.2, 0.25) is 0 Å². The SMILES string of the molecule is Cc1cccc(N2CCS(=O)(=O)CC2C)c1N. The third kappa shape index (κ3) is 2.39. The molecule has 0 saturated carbocycles. The van der Waals surface area contributed by atoms with Gasteiger partial charge in [-0.25, -0.2) is 8.42 Å². The lowest BCUT2D eigenvalue weighted by atomic mass is 10.1. The fourth-order valence-electron chi connectivity index (χ4n) is 2.27. The average molecular weight is 254 g/mol. The van der Waals surface area contributed by atoms with Crippen LogP contribution in [0.5, 0.6) is 0 Å². The summed E-state index contributed by atoms with van der Waals surface area (Å²) in [6.45, 7) is 4.42. The number of benzene rings is 1. The van der Waals surface area contributed by atoms with Gasteiger partial charge < -0.3 is 10.6 Å². The van der Waals surface area contributed by atoms with Crippen molar-refractivity contribution in [3.05, 3.63) is 23.8 Å². The third-order valence-electron chi connectivity index (χ3n) is 3.28. The number of para-hydroxylation sites is 1. The molecule has 1 atom stereocenters. The van der Waals surface area contributed by atoms with Gasteiger partial charge in [-0.1, -0.05) is 12.1 Å². The highest BCUT2D eigenvalue weighted by Crippen LogP contribution is 2.29. The lowest BCUT2D eigenvalue weighted by Crippen LogP contribution is -2.47. The number of anilines is 2. The Balaban J connectivity index is 2.33. The molecule has 2 rings (SSSR count). The minimum Gasteiger partial charge on any atom is -0.397 e. The molecule has 94 valence electrons. The highest BCUT2D eigenvalue weighted by atomic mass is 32.2. The number of nitrogens with zero attached hydrogens (tertiary/aromatic N) is 1. The first-order chi connectivity index (χ1) is 7.91. The Kier molecular flexibility index (Phi) is 3.03. The number of nitrogen functional groups attached to an aromatic ring is 1. The average Bonchev–Trinajstić information content (AvgIpc) is 2.22. The van der Waals surface area contributed by atoms with Crippen LogP contribution >= 0.6 is 0 Å². The molecule has 1 unspecified atom stereocenters. The molecule has 0 aliphatic carbocycles. The predicted octanol–water partition coefficient (Wildman–Crippen LogP) is 1.20. The minimum atomic E-state index is -2.88. The first-order valence-corrected chi connectivity index (χ1v) is 7.55. The third-order valence-corrected chi connectivity index (χ3v) is 5.08. The summed E-state index contributed by atoms with van der Waals surface area (Å²) in [7, 11) is -2.88. The maximum Gasteiger partial charge on any atom is 0.154 e. The number of hydrogen-bond acceptors (Lipinski definition) is 4. The summed E-state index contributed by atoms with van der Waals surface area (Å²) in [6.07, 6.45) is 0. The molecule has 0 radical (unpaired) electrons. The number of hydrogen-bond donors (Lipinski definition) is 1. The van der Waals surface area contributed by atoms with Gasteiger partial charge in [0, 0.05) is 12.6 Å². The molecule has 1 aliphatic heterocycles. The molecule has 2 N–H and O–H groups in total. The zero-order valence-electron chi connectivity index (χ0n) is 10.2. The van der Waals surface area contributed by atoms with Gasteiger partial charge in [-0.2, -0.15) is 0 Å². The van der Waals surface area contributed by atoms with Gasteiger partial charge in [-0.15, -0.1) is 0 Å². The number of aryl methyl sites for hydroxylation is 1. The van der Waals surface area contributed by atoms with Gasteiger partial charge in [0.25, 0.3) is 0 Å². The van der Waals surface area contributed by atoms with E-state index in [-0.39, 0.29) is 17.5 Å². The molecular weight excluding hydrogens is 236 g/mol. The fraction of sp³-hybridized carbons (Fsp3) is 0.500. The molecule has 0 spiro atoms. The molecule has 0 aromatic heterocycles. The van der Waals surface area contributed by atoms with Gasteiger partial charge in [0.1, 0.15) is 0 Å². The Bertz CT molecular complexity index is 525. The van der Waals surface area contributed by atoms with Gasteiger partial charge in [-0.3, -0.25) is 0 Å². The van der Waals surface area contributed by atoms with Crippen molar-refractivity contribution in [3.8, 4) is 0 Å². The van der Waals surface area contributed by atoms with E-state index in [1.54, 1.807) is 0 Å². The van der Waals surface area contributed by atoms with Gasteiger partial charge in [0.2, 0.25) is 0 Å². The Morgan fingerprint density at radius 2 is 2.12 bits per heavy atom. The summed E-state index contributed by atoms with van der Waals surface area (Å²) < 4.78 is 23.1. The van der Waals surface area contributed by atoms with Crippen molar-refractivity contribution in [2.45, 2.75) is 19.9 Å². The largest absolute Gasteiger partial charge is 0.397 e. The maximum absolute atomic E-state index is 11.5. The first-order valence-electron chi connectivity index (χ1n) is 5.73. The molecule has 1 aromatic rings. The molecule has 5 heteroatoms. The smallest absolute Gasteiger partial charge is 0.154 e. The Morgan fingerprint density at radius 1 is 1.41 bits per heavy atom. The van der Waals surface area contributed by atoms with E-state index in [9.17, 15) is 8.42 Å². The van der Waals surface area contributed by atoms with E-state index in [1.165, 1.54) is 0 Å². The monoisotopic (exact) mass is 254 g/mol. The summed E-state index contributed by atoms with van der Waals surface area (Å²) in [6, 6.07) is 5.86. The standard InChI is InChI=1S/C12H18N2O2S/c1-9-4-3-5-11(12(9)13)14-6-7-17(15,16)8-10(14)2/h3-5,10H,6-8,13H2,1-2H3. The molecule has 1 aliphatic rings. The highest BCUT2D eigenvalue weighted by Gasteiger charge is 2.29. The number of rotatable bonds is 1. The Morgan fingerprint density at radius 3 is 2.76 bits per heavy atom. The lowest BCUT2D eigenvalue weighted by Gasteiger charge is -2.36. The van der Waals surface area contributed by atoms with Crippen molar-refractivity contribution in [1.82, 2.24) is 0 Å². The topological polar surface area (TPSA) is 63.4 Å². The van der Waals surface area contributed by atoms with E-state index >= 15 is 0 Å². The second-order valence-electron chi connectivity index (χ2n) is 4.66. The van der Waals surface area contributed by atoms with Gasteiger partial charge >= 0.3 is 0 Å². The van der Waals surface area contributed by atoms with Crippen LogP contribution < -0.4 is 10.6 Å². The van der Waals surface area contributed by atoms with Gasteiger partial charge in [0.05, 0.1) is 22.9 Å². The predicted molar refractivity (Wildman–Crippen MR) is 71.1 cm³/mol. The summed E-state index contributed by atoms with van der Waals surface area (Å²) in [5, 5.41) is 0. The van der Waals surface area contributed by atoms with Crippen molar-refractivity contribution < 1.29 is 8.42 Å². The molecule has 4 nitrogen and oxygen atoms in total. The van der Waals surface area contributed by atoms with E-state index in [1.807, 2.05) is 32.0 Å². The summed E-state index contributed by atoms with van der Waals surface area (Å²) in [5.41, 5.74) is 8.78. The number of sulfone groups is 1. The highest BCUT2D eigenvalue weighted by molar-refractivity contribution is 7.91. The maximum atomic E-state index is 11.5. The molecule has 17 heavy (non-hydrogen) atoms. The zero-order valence-corrected chi connectivity index (χ0v) is 11.0. The van der Waals surface area contributed by atoms with E-state index in [0.29, 0.717) is 6.54 Å². The van der Waals surface area contributed by atoms with Crippen LogP contribution in [-0.2, 0) is 9.84 Å². The van der Waals surface area contributed by atoms with E-state index in [4.69, 9.17) is 5.73 Å². The molecule has 1 aromatic carbocycles. The van der Waals surface area contributed by atoms with Crippen LogP contribution in [-0.4, -0.2) is 32.5 Å². The van der Waals surface area contributed by atoms with Crippen LogP contribution in [0.3, 0.4) is 0 Å². The van der Waals surface area contributed by atoms with Crippen molar-refractivity contribution >= 4 is 21.2 Å². The second-order valence-corrected chi connectivity index (χ2v) is 6.89. The van der Waals surface area contributed by atoms with E-state index in [0.717, 1.165) is 16.9 Å². The van der Waals surface area contributed by atoms with Crippen molar-refractivity contribution in [2.24, 2.45) is 0 Å². The van der Waals surface area contributed by atoms with Crippen molar-refractivity contribution in [3.63, 3.8) is 0 Å². The molecule has 0 bridgehead atoms. The number of nitrogens with two attached hydrogens (primary N) is 1. The van der Waals surface area contributed by atoms with Gasteiger partial charge in [-0.05, 0) is 25.5 Å². The zero-order chi connectivity index (χ0) is 12.6. The van der Waals surface area contributed by atoms with Crippen LogP contribution in [0.1, 0.15) is 12.5 Å². The fourth-order valence-corrected chi connectivity index (χ4v) is 3.83. The van der Waals surface area contributed by atoms with Crippen molar-refractivity contribution in [1.29, 1.82) is 0 Å². The summed E-state index contributed by atoms with van der Waals surface area (Å²) >= 11 is 0. The van der Waals surface area contributed by atoms with Crippen LogP contribution in [0.15, 0.2) is 18.2 Å². The Hall–Kier alpha value is -1.23. The second kappa shape index (κ2) is 4.22. The molecule has 1 fully saturated rings. The first kappa shape index (κ1) is 12.2. The van der Waals surface area contributed by atoms with Crippen LogP contribution in [0, 0.1) is 6.92 Å². The van der Waals surface area contributed by atoms with E-state index < -0.39 is 9.84 Å². The molecule has 1 saturated heterocycles. The molecular formula is C12H18N2O2S. The normalized spacial score (nSPS) is 23.6. The summed E-state index contributed by atoms with van der Waals surface area (Å²) in [4.78, 5) is 2.09. The van der Waals surface area contributed by atoms with Gasteiger partial charge in [0.15, 0.2) is 9.84 Å². The van der Waals surface area contributed by atoms with E-state index in [2.05, 4.69) is 4.90 Å². The Labute approximate surface area is 102 Å². The van der Waals surface area contributed by atoms with Crippen molar-refractivity contribution in [2.75, 3.05) is 28.7 Å². The van der Waals surface area contributed by atoms with Crippen LogP contribution in [0.4, 0.5) is 11.4 Å². The molecule has 0 amide bonds. The quantitative estimate of drug-likeness (QED) is 0.765. The summed E-state index contributed by atoms with van der Waals surface area (Å²) in [5.74, 6) is 0.422. The van der Waals surface area contributed by atoms with Crippen LogP contribution in [0.25, 0.3) is 0 Å². The lowest BCUT2D eigenvalue weighted by molar-refractivity contribution is 0.568. The minimum absolute atomic E-state index is 0.0159.